The fraction of sp³-hybridized carbons (Fsp3) is 0.200. The number of aromatic nitrogens is 3. The quantitative estimate of drug-likeness (QED) is 0.500. The minimum absolute atomic E-state index is 0.323. The molecular formula is C20H18ClN3O2. The maximum Gasteiger partial charge on any atom is 0.357 e. The Morgan fingerprint density at radius 1 is 1.12 bits per heavy atom. The maximum atomic E-state index is 12.5. The molecule has 2 aromatic carbocycles. The fourth-order valence-electron chi connectivity index (χ4n) is 3.30. The average molecular weight is 368 g/mol. The van der Waals surface area contributed by atoms with Crippen LogP contribution in [0.15, 0.2) is 48.5 Å². The molecule has 0 fully saturated rings. The number of aryl methyl sites for hydroxylation is 1. The fourth-order valence-corrected chi connectivity index (χ4v) is 3.50. The lowest BCUT2D eigenvalue weighted by Crippen LogP contribution is -2.09. The first-order valence-electron chi connectivity index (χ1n) is 8.48. The van der Waals surface area contributed by atoms with Crippen LogP contribution >= 0.6 is 11.6 Å². The number of ether oxygens (including phenoxy) is 1. The number of hydrogen-bond donors (Lipinski definition) is 0. The number of esters is 1. The van der Waals surface area contributed by atoms with Crippen LogP contribution in [0.1, 0.15) is 28.7 Å². The van der Waals surface area contributed by atoms with Crippen molar-refractivity contribution in [2.75, 3.05) is 6.61 Å². The second-order valence-electron chi connectivity index (χ2n) is 6.07. The summed E-state index contributed by atoms with van der Waals surface area (Å²) in [7, 11) is 0. The van der Waals surface area contributed by atoms with E-state index < -0.39 is 0 Å². The monoisotopic (exact) mass is 367 g/mol. The summed E-state index contributed by atoms with van der Waals surface area (Å²) < 4.78 is 9.19. The topological polar surface area (TPSA) is 48.5 Å². The average Bonchev–Trinajstić information content (AvgIpc) is 3.11. The Labute approximate surface area is 155 Å². The second-order valence-corrected chi connectivity index (χ2v) is 6.48. The number of fused-ring (bicyclic) bond motifs is 3. The van der Waals surface area contributed by atoms with Gasteiger partial charge < -0.3 is 9.30 Å². The van der Waals surface area contributed by atoms with Crippen LogP contribution in [0.2, 0.25) is 5.02 Å². The first kappa shape index (κ1) is 16.7. The van der Waals surface area contributed by atoms with Crippen molar-refractivity contribution in [3.05, 3.63) is 70.5 Å². The zero-order valence-corrected chi connectivity index (χ0v) is 15.3. The molecular weight excluding hydrogens is 350 g/mol. The lowest BCUT2D eigenvalue weighted by atomic mass is 10.2. The molecule has 0 spiro atoms. The molecule has 6 heteroatoms. The van der Waals surface area contributed by atoms with Gasteiger partial charge in [0.15, 0.2) is 5.69 Å². The SMILES string of the molecule is CCOC(=O)c1c(C)nc2n(Cc3ccccc3Cl)c3ccccc3n12. The predicted octanol–water partition coefficient (Wildman–Crippen LogP) is 4.48. The molecule has 0 aliphatic carbocycles. The summed E-state index contributed by atoms with van der Waals surface area (Å²) in [6, 6.07) is 15.7. The van der Waals surface area contributed by atoms with Crippen molar-refractivity contribution in [2.24, 2.45) is 0 Å². The van der Waals surface area contributed by atoms with E-state index in [2.05, 4.69) is 9.55 Å². The van der Waals surface area contributed by atoms with Gasteiger partial charge in [0.05, 0.1) is 29.9 Å². The molecule has 4 aromatic rings. The number of para-hydroxylation sites is 2. The zero-order valence-electron chi connectivity index (χ0n) is 14.6. The predicted molar refractivity (Wildman–Crippen MR) is 102 cm³/mol. The van der Waals surface area contributed by atoms with Crippen LogP contribution in [0.25, 0.3) is 16.8 Å². The van der Waals surface area contributed by atoms with Crippen molar-refractivity contribution < 1.29 is 9.53 Å². The Morgan fingerprint density at radius 2 is 1.81 bits per heavy atom. The molecule has 0 amide bonds. The molecule has 0 N–H and O–H groups in total. The van der Waals surface area contributed by atoms with Crippen LogP contribution in [0.5, 0.6) is 0 Å². The molecule has 26 heavy (non-hydrogen) atoms. The number of imidazole rings is 2. The summed E-state index contributed by atoms with van der Waals surface area (Å²) in [5.41, 5.74) is 4.02. The summed E-state index contributed by atoms with van der Waals surface area (Å²) in [5, 5.41) is 0.706. The van der Waals surface area contributed by atoms with Gasteiger partial charge in [0.1, 0.15) is 0 Å². The highest BCUT2D eigenvalue weighted by atomic mass is 35.5. The normalized spacial score (nSPS) is 11.3. The minimum Gasteiger partial charge on any atom is -0.461 e. The molecule has 0 aliphatic rings. The van der Waals surface area contributed by atoms with Crippen LogP contribution in [0.4, 0.5) is 0 Å². The van der Waals surface area contributed by atoms with E-state index in [1.165, 1.54) is 0 Å². The van der Waals surface area contributed by atoms with Gasteiger partial charge in [-0.1, -0.05) is 41.9 Å². The third kappa shape index (κ3) is 2.56. The third-order valence-electron chi connectivity index (χ3n) is 4.44. The smallest absolute Gasteiger partial charge is 0.357 e. The molecule has 5 nitrogen and oxygen atoms in total. The van der Waals surface area contributed by atoms with Gasteiger partial charge in [-0.15, -0.1) is 0 Å². The maximum absolute atomic E-state index is 12.5. The molecule has 0 bridgehead atoms. The van der Waals surface area contributed by atoms with Gasteiger partial charge >= 0.3 is 5.97 Å². The molecule has 0 unspecified atom stereocenters. The van der Waals surface area contributed by atoms with E-state index >= 15 is 0 Å². The molecule has 2 heterocycles. The van der Waals surface area contributed by atoms with Gasteiger partial charge in [-0.3, -0.25) is 4.40 Å². The van der Waals surface area contributed by atoms with E-state index in [1.54, 1.807) is 6.92 Å². The summed E-state index contributed by atoms with van der Waals surface area (Å²) in [6.07, 6.45) is 0. The van der Waals surface area contributed by atoms with E-state index in [1.807, 2.05) is 59.9 Å². The standard InChI is InChI=1S/C20H18ClN3O2/c1-3-26-19(25)18-13(2)22-20-23(12-14-8-4-5-9-15(14)21)16-10-6-7-11-17(16)24(18)20/h4-11H,3,12H2,1-2H3. The van der Waals surface area contributed by atoms with Gasteiger partial charge in [0, 0.05) is 5.02 Å². The third-order valence-corrected chi connectivity index (χ3v) is 4.81. The summed E-state index contributed by atoms with van der Waals surface area (Å²) in [5.74, 6) is 0.338. The molecule has 0 saturated heterocycles. The van der Waals surface area contributed by atoms with Crippen LogP contribution in [-0.4, -0.2) is 26.5 Å². The Bertz CT molecular complexity index is 1130. The Hall–Kier alpha value is -2.79. The van der Waals surface area contributed by atoms with Crippen molar-refractivity contribution in [1.29, 1.82) is 0 Å². The van der Waals surface area contributed by atoms with Gasteiger partial charge in [0.25, 0.3) is 0 Å². The Balaban J connectivity index is 1.99. The first-order chi connectivity index (χ1) is 12.6. The van der Waals surface area contributed by atoms with Crippen molar-refractivity contribution in [3.8, 4) is 0 Å². The van der Waals surface area contributed by atoms with E-state index in [-0.39, 0.29) is 5.97 Å². The number of rotatable bonds is 4. The number of hydrogen-bond acceptors (Lipinski definition) is 3. The van der Waals surface area contributed by atoms with Crippen molar-refractivity contribution in [2.45, 2.75) is 20.4 Å². The molecule has 0 aliphatic heterocycles. The van der Waals surface area contributed by atoms with Crippen LogP contribution in [0.3, 0.4) is 0 Å². The second kappa shape index (κ2) is 6.50. The lowest BCUT2D eigenvalue weighted by Gasteiger charge is -2.07. The van der Waals surface area contributed by atoms with Gasteiger partial charge in [0.2, 0.25) is 5.78 Å². The van der Waals surface area contributed by atoms with Gasteiger partial charge in [-0.05, 0) is 37.6 Å². The van der Waals surface area contributed by atoms with E-state index in [4.69, 9.17) is 16.3 Å². The molecule has 2 aromatic heterocycles. The van der Waals surface area contributed by atoms with Crippen LogP contribution in [-0.2, 0) is 11.3 Å². The number of halogens is 1. The summed E-state index contributed by atoms with van der Waals surface area (Å²) in [6.45, 7) is 4.51. The number of nitrogens with zero attached hydrogens (tertiary/aromatic N) is 3. The van der Waals surface area contributed by atoms with Crippen LogP contribution in [0, 0.1) is 6.92 Å². The highest BCUT2D eigenvalue weighted by molar-refractivity contribution is 6.31. The zero-order chi connectivity index (χ0) is 18.3. The number of carbonyl (C=O) groups excluding carboxylic acids is 1. The van der Waals surface area contributed by atoms with Crippen molar-refractivity contribution in [1.82, 2.24) is 14.0 Å². The van der Waals surface area contributed by atoms with E-state index in [9.17, 15) is 4.79 Å². The number of carbonyl (C=O) groups is 1. The van der Waals surface area contributed by atoms with Gasteiger partial charge in [-0.25, -0.2) is 9.78 Å². The molecule has 132 valence electrons. The highest BCUT2D eigenvalue weighted by Crippen LogP contribution is 2.27. The highest BCUT2D eigenvalue weighted by Gasteiger charge is 2.23. The molecule has 4 rings (SSSR count). The van der Waals surface area contributed by atoms with Crippen molar-refractivity contribution in [3.63, 3.8) is 0 Å². The lowest BCUT2D eigenvalue weighted by molar-refractivity contribution is 0.0518. The Kier molecular flexibility index (Phi) is 4.17. The van der Waals surface area contributed by atoms with Crippen LogP contribution < -0.4 is 0 Å². The Morgan fingerprint density at radius 3 is 2.54 bits per heavy atom. The largest absolute Gasteiger partial charge is 0.461 e. The van der Waals surface area contributed by atoms with E-state index in [0.717, 1.165) is 16.6 Å². The van der Waals surface area contributed by atoms with Gasteiger partial charge in [-0.2, -0.15) is 0 Å². The minimum atomic E-state index is -0.363. The summed E-state index contributed by atoms with van der Waals surface area (Å²) >= 11 is 6.36. The molecule has 0 saturated carbocycles. The summed E-state index contributed by atoms with van der Waals surface area (Å²) in [4.78, 5) is 17.2. The van der Waals surface area contributed by atoms with Crippen molar-refractivity contribution >= 4 is 34.4 Å². The molecule has 0 atom stereocenters. The first-order valence-corrected chi connectivity index (χ1v) is 8.86. The molecule has 0 radical (unpaired) electrons. The number of benzene rings is 2. The van der Waals surface area contributed by atoms with E-state index in [0.29, 0.717) is 35.3 Å².